The fourth-order valence-electron chi connectivity index (χ4n) is 2.24. The van der Waals surface area contributed by atoms with Gasteiger partial charge in [-0.3, -0.25) is 0 Å². The molecule has 1 aliphatic rings. The summed E-state index contributed by atoms with van der Waals surface area (Å²) in [5.41, 5.74) is 5.92. The summed E-state index contributed by atoms with van der Waals surface area (Å²) in [5.74, 6) is 0. The van der Waals surface area contributed by atoms with Gasteiger partial charge in [0.2, 0.25) is 0 Å². The van der Waals surface area contributed by atoms with E-state index in [0.29, 0.717) is 0 Å². The Morgan fingerprint density at radius 2 is 2.07 bits per heavy atom. The molecule has 0 N–H and O–H groups in total. The number of fused-ring (bicyclic) bond motifs is 1. The number of rotatable bonds is 3. The Morgan fingerprint density at radius 1 is 1.27 bits per heavy atom. The van der Waals surface area contributed by atoms with Gasteiger partial charge in [0.25, 0.3) is 0 Å². The highest BCUT2D eigenvalue weighted by Crippen LogP contribution is 2.30. The molecule has 78 valence electrons. The molecule has 15 heavy (non-hydrogen) atoms. The molecule has 0 atom stereocenters. The van der Waals surface area contributed by atoms with Crippen LogP contribution in [0.4, 0.5) is 0 Å². The summed E-state index contributed by atoms with van der Waals surface area (Å²) in [6.07, 6.45) is 8.11. The maximum atomic E-state index is 2.36. The van der Waals surface area contributed by atoms with E-state index in [1.54, 1.807) is 0 Å². The Hall–Kier alpha value is -1.30. The van der Waals surface area contributed by atoms with Crippen molar-refractivity contribution in [2.75, 3.05) is 0 Å². The van der Waals surface area contributed by atoms with Crippen molar-refractivity contribution in [3.05, 3.63) is 52.6 Å². The molecule has 1 aromatic carbocycles. The molecule has 0 unspecified atom stereocenters. The topological polar surface area (TPSA) is 0 Å². The molecule has 0 saturated heterocycles. The molecule has 0 aromatic heterocycles. The molecule has 2 rings (SSSR count). The fourth-order valence-corrected chi connectivity index (χ4v) is 2.24. The summed E-state index contributed by atoms with van der Waals surface area (Å²) < 4.78 is 0. The first kappa shape index (κ1) is 10.2. The van der Waals surface area contributed by atoms with Gasteiger partial charge in [-0.15, -0.1) is 0 Å². The SMILES string of the molecule is CCC=C(CC)C1=Cc2ccccc2C1. The minimum absolute atomic E-state index is 1.12. The van der Waals surface area contributed by atoms with Gasteiger partial charge in [-0.05, 0) is 41.5 Å². The first-order chi connectivity index (χ1) is 7.35. The van der Waals surface area contributed by atoms with Gasteiger partial charge in [0.15, 0.2) is 0 Å². The van der Waals surface area contributed by atoms with Crippen molar-refractivity contribution in [2.45, 2.75) is 33.1 Å². The zero-order valence-corrected chi connectivity index (χ0v) is 9.59. The van der Waals surface area contributed by atoms with Crippen LogP contribution in [0.2, 0.25) is 0 Å². The first-order valence-electron chi connectivity index (χ1n) is 5.83. The highest BCUT2D eigenvalue weighted by Gasteiger charge is 2.13. The van der Waals surface area contributed by atoms with Crippen LogP contribution < -0.4 is 0 Å². The molecular formula is C15H18. The van der Waals surface area contributed by atoms with E-state index in [9.17, 15) is 0 Å². The summed E-state index contributed by atoms with van der Waals surface area (Å²) in [7, 11) is 0. The van der Waals surface area contributed by atoms with Crippen LogP contribution in [0, 0.1) is 0 Å². The molecule has 0 spiro atoms. The van der Waals surface area contributed by atoms with Crippen LogP contribution in [0.15, 0.2) is 41.5 Å². The highest BCUT2D eigenvalue weighted by atomic mass is 14.2. The van der Waals surface area contributed by atoms with E-state index in [1.807, 2.05) is 0 Å². The third kappa shape index (κ3) is 2.04. The average molecular weight is 198 g/mol. The Bertz CT molecular complexity index is 408. The van der Waals surface area contributed by atoms with Crippen molar-refractivity contribution in [1.82, 2.24) is 0 Å². The molecular weight excluding hydrogens is 180 g/mol. The van der Waals surface area contributed by atoms with E-state index < -0.39 is 0 Å². The Labute approximate surface area is 92.3 Å². The number of allylic oxidation sites excluding steroid dienone is 3. The lowest BCUT2D eigenvalue weighted by molar-refractivity contribution is 1.04. The van der Waals surface area contributed by atoms with Crippen molar-refractivity contribution in [1.29, 1.82) is 0 Å². The van der Waals surface area contributed by atoms with Gasteiger partial charge in [0.1, 0.15) is 0 Å². The van der Waals surface area contributed by atoms with Gasteiger partial charge in [-0.1, -0.05) is 50.3 Å². The maximum Gasteiger partial charge on any atom is -0.00170 e. The zero-order chi connectivity index (χ0) is 10.7. The summed E-state index contributed by atoms with van der Waals surface area (Å²) in [5, 5.41) is 0. The summed E-state index contributed by atoms with van der Waals surface area (Å²) in [6, 6.07) is 8.69. The molecule has 0 aliphatic heterocycles. The van der Waals surface area contributed by atoms with Crippen LogP contribution in [0.5, 0.6) is 0 Å². The van der Waals surface area contributed by atoms with Crippen molar-refractivity contribution >= 4 is 6.08 Å². The number of hydrogen-bond donors (Lipinski definition) is 0. The van der Waals surface area contributed by atoms with Crippen LogP contribution >= 0.6 is 0 Å². The third-order valence-electron chi connectivity index (χ3n) is 3.01. The smallest absolute Gasteiger partial charge is 0.00170 e. The van der Waals surface area contributed by atoms with Gasteiger partial charge in [-0.2, -0.15) is 0 Å². The second-order valence-corrected chi connectivity index (χ2v) is 4.04. The van der Waals surface area contributed by atoms with Gasteiger partial charge >= 0.3 is 0 Å². The van der Waals surface area contributed by atoms with Crippen LogP contribution in [0.3, 0.4) is 0 Å². The molecule has 0 nitrogen and oxygen atoms in total. The Kier molecular flexibility index (Phi) is 3.05. The maximum absolute atomic E-state index is 2.36. The van der Waals surface area contributed by atoms with Gasteiger partial charge < -0.3 is 0 Å². The second kappa shape index (κ2) is 4.48. The normalized spacial score (nSPS) is 15.1. The van der Waals surface area contributed by atoms with E-state index in [1.165, 1.54) is 22.3 Å². The molecule has 1 aromatic rings. The number of benzene rings is 1. The monoisotopic (exact) mass is 198 g/mol. The lowest BCUT2D eigenvalue weighted by atomic mass is 10.0. The van der Waals surface area contributed by atoms with Crippen LogP contribution in [-0.2, 0) is 6.42 Å². The van der Waals surface area contributed by atoms with E-state index in [0.717, 1.165) is 19.3 Å². The lowest BCUT2D eigenvalue weighted by Crippen LogP contribution is -1.89. The van der Waals surface area contributed by atoms with Gasteiger partial charge in [-0.25, -0.2) is 0 Å². The van der Waals surface area contributed by atoms with Crippen molar-refractivity contribution < 1.29 is 0 Å². The largest absolute Gasteiger partial charge is 0.0813 e. The standard InChI is InChI=1S/C15H18/c1-3-7-12(4-2)15-10-13-8-5-6-9-14(13)11-15/h5-10H,3-4,11H2,1-2H3. The molecule has 0 radical (unpaired) electrons. The minimum atomic E-state index is 1.12. The van der Waals surface area contributed by atoms with E-state index >= 15 is 0 Å². The Morgan fingerprint density at radius 3 is 2.73 bits per heavy atom. The molecule has 0 fully saturated rings. The summed E-state index contributed by atoms with van der Waals surface area (Å²) in [4.78, 5) is 0. The lowest BCUT2D eigenvalue weighted by Gasteiger charge is -2.05. The predicted octanol–water partition coefficient (Wildman–Crippen LogP) is 4.37. The second-order valence-electron chi connectivity index (χ2n) is 4.04. The fraction of sp³-hybridized carbons (Fsp3) is 0.333. The summed E-state index contributed by atoms with van der Waals surface area (Å²) >= 11 is 0. The van der Waals surface area contributed by atoms with Crippen LogP contribution in [0.25, 0.3) is 6.08 Å². The molecule has 0 bridgehead atoms. The van der Waals surface area contributed by atoms with Crippen molar-refractivity contribution in [3.8, 4) is 0 Å². The van der Waals surface area contributed by atoms with E-state index in [-0.39, 0.29) is 0 Å². The molecule has 1 aliphatic carbocycles. The number of hydrogen-bond acceptors (Lipinski definition) is 0. The predicted molar refractivity (Wildman–Crippen MR) is 66.8 cm³/mol. The summed E-state index contributed by atoms with van der Waals surface area (Å²) in [6.45, 7) is 4.45. The van der Waals surface area contributed by atoms with Crippen molar-refractivity contribution in [3.63, 3.8) is 0 Å². The Balaban J connectivity index is 2.27. The highest BCUT2D eigenvalue weighted by molar-refractivity contribution is 5.68. The molecule has 0 amide bonds. The minimum Gasteiger partial charge on any atom is -0.0813 e. The third-order valence-corrected chi connectivity index (χ3v) is 3.01. The van der Waals surface area contributed by atoms with Crippen LogP contribution in [0.1, 0.15) is 37.8 Å². The van der Waals surface area contributed by atoms with E-state index in [4.69, 9.17) is 0 Å². The molecule has 0 heteroatoms. The van der Waals surface area contributed by atoms with E-state index in [2.05, 4.69) is 50.3 Å². The zero-order valence-electron chi connectivity index (χ0n) is 9.59. The van der Waals surface area contributed by atoms with Crippen molar-refractivity contribution in [2.24, 2.45) is 0 Å². The van der Waals surface area contributed by atoms with Gasteiger partial charge in [0.05, 0.1) is 0 Å². The average Bonchev–Trinajstić information content (AvgIpc) is 2.69. The first-order valence-corrected chi connectivity index (χ1v) is 5.83. The van der Waals surface area contributed by atoms with Gasteiger partial charge in [0, 0.05) is 0 Å². The molecule has 0 heterocycles. The quantitative estimate of drug-likeness (QED) is 0.676. The van der Waals surface area contributed by atoms with Crippen LogP contribution in [-0.4, -0.2) is 0 Å². The molecule has 0 saturated carbocycles.